The molecule has 0 rings (SSSR count). The van der Waals surface area contributed by atoms with E-state index in [9.17, 15) is 0 Å². The molecular weight excluding hydrogens is 61.6 g/mol. The van der Waals surface area contributed by atoms with E-state index < -0.39 is 0 Å². The van der Waals surface area contributed by atoms with Crippen molar-refractivity contribution in [2.45, 2.75) is 0 Å². The van der Waals surface area contributed by atoms with Gasteiger partial charge in [0, 0.05) is 0 Å². The minimum absolute atomic E-state index is 1.53. The first-order chi connectivity index (χ1) is 2.41. The highest BCUT2D eigenvalue weighted by atomic mass is 14.8. The Kier molecular flexibility index (Phi) is 4.09. The van der Waals surface area contributed by atoms with Crippen molar-refractivity contribution >= 4 is 15.5 Å². The Morgan fingerprint density at radius 2 is 2.40 bits per heavy atom. The molecule has 0 aromatic rings. The third-order valence-corrected chi connectivity index (χ3v) is 0.228. The Hall–Kier alpha value is 0.0499. The van der Waals surface area contributed by atoms with Crippen LogP contribution >= 0.6 is 0 Å². The Balaban J connectivity index is 2.19. The monoisotopic (exact) mass is 67.1 g/mol. The summed E-state index contributed by atoms with van der Waals surface area (Å²) in [5.74, 6) is 0. The molecule has 0 aliphatic rings. The zero-order valence-corrected chi connectivity index (χ0v) is 3.15. The summed E-state index contributed by atoms with van der Waals surface area (Å²) < 4.78 is 0. The second kappa shape index (κ2) is 4.05. The van der Waals surface area contributed by atoms with E-state index in [1.807, 2.05) is 0 Å². The lowest BCUT2D eigenvalue weighted by atomic mass is 10.1. The van der Waals surface area contributed by atoms with E-state index in [1.165, 1.54) is 7.55 Å². The molecule has 0 fully saturated rings. The molecule has 0 aromatic heterocycles. The van der Waals surface area contributed by atoms with Gasteiger partial charge in [-0.05, 0) is 7.05 Å². The van der Waals surface area contributed by atoms with Gasteiger partial charge in [-0.2, -0.15) is 0 Å². The van der Waals surface area contributed by atoms with Crippen LogP contribution in [0.4, 0.5) is 0 Å². The maximum absolute atomic E-state index is 4.77. The van der Waals surface area contributed by atoms with Crippen molar-refractivity contribution in [3.8, 4) is 0 Å². The van der Waals surface area contributed by atoms with E-state index >= 15 is 0 Å². The molecule has 0 amide bonds. The van der Waals surface area contributed by atoms with Crippen LogP contribution in [0.15, 0.2) is 0 Å². The van der Waals surface area contributed by atoms with Crippen LogP contribution in [-0.4, -0.2) is 22.6 Å². The topological polar surface area (TPSA) is 24.1 Å². The smallest absolute Gasteiger partial charge is 0.293 e. The SMILES string of the molecule is [B]N[B]NC. The van der Waals surface area contributed by atoms with Gasteiger partial charge >= 0.3 is 0 Å². The van der Waals surface area contributed by atoms with Gasteiger partial charge in [-0.1, -0.05) is 0 Å². The zero-order valence-electron chi connectivity index (χ0n) is 3.15. The average molecular weight is 66.7 g/mol. The van der Waals surface area contributed by atoms with Crippen molar-refractivity contribution in [2.75, 3.05) is 7.05 Å². The maximum atomic E-state index is 4.77. The van der Waals surface area contributed by atoms with Crippen LogP contribution in [0, 0.1) is 0 Å². The summed E-state index contributed by atoms with van der Waals surface area (Å²) in [7, 11) is 8.06. The van der Waals surface area contributed by atoms with Gasteiger partial charge in [0.2, 0.25) is 0 Å². The van der Waals surface area contributed by atoms with Crippen molar-refractivity contribution in [3.05, 3.63) is 0 Å². The molecule has 2 N–H and O–H groups in total. The summed E-state index contributed by atoms with van der Waals surface area (Å²) >= 11 is 0. The lowest BCUT2D eigenvalue weighted by Crippen LogP contribution is -2.27. The number of hydrogen-bond acceptors (Lipinski definition) is 2. The molecule has 0 aliphatic heterocycles. The van der Waals surface area contributed by atoms with Gasteiger partial charge in [0.25, 0.3) is 7.55 Å². The fraction of sp³-hybridized carbons (Fsp3) is 1.00. The summed E-state index contributed by atoms with van der Waals surface area (Å²) in [5, 5.41) is 4.94. The summed E-state index contributed by atoms with van der Waals surface area (Å²) in [6.45, 7) is 0. The van der Waals surface area contributed by atoms with E-state index in [2.05, 4.69) is 10.4 Å². The van der Waals surface area contributed by atoms with Gasteiger partial charge in [-0.3, -0.25) is 0 Å². The molecular formula is CH5B2N2. The van der Waals surface area contributed by atoms with Crippen molar-refractivity contribution in [2.24, 2.45) is 0 Å². The number of hydrogen-bond donors (Lipinski definition) is 2. The molecule has 0 bridgehead atoms. The summed E-state index contributed by atoms with van der Waals surface area (Å²) in [5.41, 5.74) is 0. The standard InChI is InChI=1S/CH5B2N2/c1-4-3-5-2/h4-5H,1H3. The number of nitrogens with one attached hydrogen (secondary N) is 2. The largest absolute Gasteiger partial charge is 0.398 e. The number of rotatable bonds is 2. The first-order valence-electron chi connectivity index (χ1n) is 1.37. The van der Waals surface area contributed by atoms with Gasteiger partial charge in [0.05, 0.1) is 0 Å². The molecule has 0 saturated carbocycles. The van der Waals surface area contributed by atoms with Crippen LogP contribution in [0.1, 0.15) is 0 Å². The first kappa shape index (κ1) is 5.05. The summed E-state index contributed by atoms with van der Waals surface area (Å²) in [6.07, 6.45) is 0. The third-order valence-electron chi connectivity index (χ3n) is 0.228. The lowest BCUT2D eigenvalue weighted by molar-refractivity contribution is 1.21. The summed E-state index contributed by atoms with van der Waals surface area (Å²) in [6, 6.07) is 0. The van der Waals surface area contributed by atoms with Crippen LogP contribution in [0.5, 0.6) is 0 Å². The molecule has 0 spiro atoms. The highest BCUT2D eigenvalue weighted by Crippen LogP contribution is 1.22. The van der Waals surface area contributed by atoms with Gasteiger partial charge in [0.1, 0.15) is 0 Å². The van der Waals surface area contributed by atoms with E-state index in [-0.39, 0.29) is 0 Å². The highest BCUT2D eigenvalue weighted by molar-refractivity contribution is 6.39. The molecule has 0 unspecified atom stereocenters. The molecule has 5 heavy (non-hydrogen) atoms. The predicted octanol–water partition coefficient (Wildman–Crippen LogP) is -1.59. The zero-order chi connectivity index (χ0) is 4.12. The fourth-order valence-corrected chi connectivity index (χ4v) is 0.0833. The quantitative estimate of drug-likeness (QED) is 0.380. The van der Waals surface area contributed by atoms with Crippen molar-refractivity contribution in [3.63, 3.8) is 0 Å². The van der Waals surface area contributed by atoms with Crippen LogP contribution in [-0.2, 0) is 0 Å². The van der Waals surface area contributed by atoms with Crippen LogP contribution in [0.25, 0.3) is 0 Å². The molecule has 0 saturated heterocycles. The van der Waals surface area contributed by atoms with Crippen LogP contribution in [0.2, 0.25) is 0 Å². The molecule has 3 radical (unpaired) electrons. The first-order valence-corrected chi connectivity index (χ1v) is 1.37. The van der Waals surface area contributed by atoms with E-state index in [0.29, 0.717) is 0 Å². The maximum Gasteiger partial charge on any atom is 0.293 e. The molecule has 0 heterocycles. The minimum atomic E-state index is 1.53. The second-order valence-corrected chi connectivity index (χ2v) is 0.600. The van der Waals surface area contributed by atoms with Crippen molar-refractivity contribution in [1.29, 1.82) is 0 Å². The second-order valence-electron chi connectivity index (χ2n) is 0.600. The van der Waals surface area contributed by atoms with Gasteiger partial charge in [-0.15, -0.1) is 0 Å². The minimum Gasteiger partial charge on any atom is -0.398 e. The molecule has 2 nitrogen and oxygen atoms in total. The van der Waals surface area contributed by atoms with Crippen LogP contribution < -0.4 is 10.4 Å². The van der Waals surface area contributed by atoms with Gasteiger partial charge in [-0.25, -0.2) is 0 Å². The normalized spacial score (nSPS) is 7.40. The van der Waals surface area contributed by atoms with Crippen molar-refractivity contribution in [1.82, 2.24) is 10.4 Å². The molecule has 0 aliphatic carbocycles. The van der Waals surface area contributed by atoms with E-state index in [0.717, 1.165) is 0 Å². The lowest BCUT2D eigenvalue weighted by Gasteiger charge is -1.84. The Labute approximate surface area is 34.0 Å². The Bertz CT molecular complexity index is 15.1. The van der Waals surface area contributed by atoms with Crippen molar-refractivity contribution < 1.29 is 0 Å². The molecule has 0 aromatic carbocycles. The fourth-order valence-electron chi connectivity index (χ4n) is 0.0833. The predicted molar refractivity (Wildman–Crippen MR) is 23.7 cm³/mol. The van der Waals surface area contributed by atoms with Gasteiger partial charge < -0.3 is 10.4 Å². The van der Waals surface area contributed by atoms with Crippen LogP contribution in [0.3, 0.4) is 0 Å². The Morgan fingerprint density at radius 1 is 1.80 bits per heavy atom. The van der Waals surface area contributed by atoms with E-state index in [4.69, 9.17) is 7.98 Å². The molecule has 4 heteroatoms. The third kappa shape index (κ3) is 4.05. The Morgan fingerprint density at radius 3 is 2.40 bits per heavy atom. The molecule has 0 atom stereocenters. The summed E-state index contributed by atoms with van der Waals surface area (Å²) in [4.78, 5) is 0. The molecule has 25 valence electrons. The average Bonchev–Trinajstić information content (AvgIpc) is 1.41. The van der Waals surface area contributed by atoms with Gasteiger partial charge in [0.15, 0.2) is 7.98 Å². The highest BCUT2D eigenvalue weighted by Gasteiger charge is 1.69. The van der Waals surface area contributed by atoms with E-state index in [1.54, 1.807) is 7.05 Å².